The quantitative estimate of drug-likeness (QED) is 0.794. The van der Waals surface area contributed by atoms with Crippen LogP contribution in [0.1, 0.15) is 24.8 Å². The molecule has 2 N–H and O–H groups in total. The van der Waals surface area contributed by atoms with Crippen LogP contribution in [0.4, 0.5) is 0 Å². The lowest BCUT2D eigenvalue weighted by Gasteiger charge is -2.34. The maximum Gasteiger partial charge on any atom is 0.242 e. The van der Waals surface area contributed by atoms with E-state index in [0.29, 0.717) is 17.1 Å². The lowest BCUT2D eigenvalue weighted by Crippen LogP contribution is -2.45. The Labute approximate surface area is 147 Å². The van der Waals surface area contributed by atoms with Gasteiger partial charge in [-0.2, -0.15) is 0 Å². The van der Waals surface area contributed by atoms with E-state index < -0.39 is 10.0 Å². The van der Waals surface area contributed by atoms with Gasteiger partial charge in [-0.3, -0.25) is 4.90 Å². The monoisotopic (exact) mass is 380 g/mol. The van der Waals surface area contributed by atoms with Gasteiger partial charge in [-0.05, 0) is 44.0 Å². The number of halogens is 2. The number of nitrogens with zero attached hydrogens (tertiary/aromatic N) is 1. The number of hydrogen-bond acceptors (Lipinski definition) is 4. The molecular formula is C15H22Cl2N2O3S. The molecule has 1 heterocycles. The number of sulfonamides is 1. The van der Waals surface area contributed by atoms with E-state index in [4.69, 9.17) is 23.2 Å². The van der Waals surface area contributed by atoms with Crippen LogP contribution in [0.5, 0.6) is 0 Å². The molecule has 1 atom stereocenters. The van der Waals surface area contributed by atoms with Crippen molar-refractivity contribution in [1.82, 2.24) is 9.62 Å². The van der Waals surface area contributed by atoms with Crippen molar-refractivity contribution in [2.75, 3.05) is 26.2 Å². The minimum atomic E-state index is -3.68. The molecule has 0 spiro atoms. The second-order valence-electron chi connectivity index (χ2n) is 5.75. The van der Waals surface area contributed by atoms with Crippen molar-refractivity contribution >= 4 is 33.2 Å². The maximum absolute atomic E-state index is 12.4. The minimum Gasteiger partial charge on any atom is -0.395 e. The van der Waals surface area contributed by atoms with Crippen molar-refractivity contribution in [2.24, 2.45) is 0 Å². The van der Waals surface area contributed by atoms with Crippen molar-refractivity contribution in [3.63, 3.8) is 0 Å². The highest BCUT2D eigenvalue weighted by atomic mass is 35.5. The van der Waals surface area contributed by atoms with Gasteiger partial charge in [0.25, 0.3) is 0 Å². The van der Waals surface area contributed by atoms with Crippen molar-refractivity contribution in [3.05, 3.63) is 27.7 Å². The van der Waals surface area contributed by atoms with Gasteiger partial charge >= 0.3 is 0 Å². The third-order valence-corrected chi connectivity index (χ3v) is 6.74. The van der Waals surface area contributed by atoms with E-state index in [1.165, 1.54) is 12.1 Å². The van der Waals surface area contributed by atoms with Gasteiger partial charge in [-0.15, -0.1) is 0 Å². The average molecular weight is 381 g/mol. The van der Waals surface area contributed by atoms with Gasteiger partial charge in [0.1, 0.15) is 4.90 Å². The SMILES string of the molecule is Cc1c(Cl)ccc(S(=O)(=O)NCCN2CCCC[C@H]2CO)c1Cl. The summed E-state index contributed by atoms with van der Waals surface area (Å²) in [4.78, 5) is 2.17. The molecule has 0 saturated carbocycles. The number of benzene rings is 1. The first kappa shape index (κ1) is 19.0. The topological polar surface area (TPSA) is 69.6 Å². The van der Waals surface area contributed by atoms with Gasteiger partial charge in [0.05, 0.1) is 11.6 Å². The van der Waals surface area contributed by atoms with Crippen LogP contribution in [0.15, 0.2) is 17.0 Å². The van der Waals surface area contributed by atoms with Crippen LogP contribution < -0.4 is 4.72 Å². The normalized spacial score (nSPS) is 19.9. The van der Waals surface area contributed by atoms with Crippen molar-refractivity contribution in [1.29, 1.82) is 0 Å². The van der Waals surface area contributed by atoms with Crippen LogP contribution in [-0.4, -0.2) is 50.7 Å². The summed E-state index contributed by atoms with van der Waals surface area (Å²) in [5.41, 5.74) is 0.549. The van der Waals surface area contributed by atoms with Crippen molar-refractivity contribution < 1.29 is 13.5 Å². The third kappa shape index (κ3) is 4.59. The number of hydrogen-bond donors (Lipinski definition) is 2. The molecule has 130 valence electrons. The summed E-state index contributed by atoms with van der Waals surface area (Å²) in [6.07, 6.45) is 3.13. The largest absolute Gasteiger partial charge is 0.395 e. The molecule has 1 aromatic rings. The van der Waals surface area contributed by atoms with Gasteiger partial charge in [0, 0.05) is 24.2 Å². The number of rotatable bonds is 6. The van der Waals surface area contributed by atoms with E-state index in [1.54, 1.807) is 6.92 Å². The van der Waals surface area contributed by atoms with E-state index in [-0.39, 0.29) is 29.1 Å². The third-order valence-electron chi connectivity index (χ3n) is 4.23. The highest BCUT2D eigenvalue weighted by molar-refractivity contribution is 7.89. The Bertz CT molecular complexity index is 652. The van der Waals surface area contributed by atoms with Crippen molar-refractivity contribution in [3.8, 4) is 0 Å². The molecule has 0 unspecified atom stereocenters. The summed E-state index contributed by atoms with van der Waals surface area (Å²) in [7, 11) is -3.68. The molecule has 23 heavy (non-hydrogen) atoms. The zero-order chi connectivity index (χ0) is 17.0. The molecule has 0 aliphatic carbocycles. The smallest absolute Gasteiger partial charge is 0.242 e. The summed E-state index contributed by atoms with van der Waals surface area (Å²) in [5, 5.41) is 9.97. The van der Waals surface area contributed by atoms with Crippen LogP contribution in [0, 0.1) is 6.92 Å². The molecule has 5 nitrogen and oxygen atoms in total. The van der Waals surface area contributed by atoms with Gasteiger partial charge in [-0.25, -0.2) is 13.1 Å². The number of likely N-dealkylation sites (tertiary alicyclic amines) is 1. The molecule has 1 fully saturated rings. The van der Waals surface area contributed by atoms with Gasteiger partial charge in [0.15, 0.2) is 0 Å². The number of nitrogens with one attached hydrogen (secondary N) is 1. The standard InChI is InChI=1S/C15H22Cl2N2O3S/c1-11-13(16)5-6-14(15(11)17)23(21,22)18-7-9-19-8-3-2-4-12(19)10-20/h5-6,12,18,20H,2-4,7-10H2,1H3/t12-/m0/s1. The Balaban J connectivity index is 2.01. The first-order chi connectivity index (χ1) is 10.9. The first-order valence-electron chi connectivity index (χ1n) is 7.66. The molecule has 1 aliphatic heterocycles. The van der Waals surface area contributed by atoms with E-state index >= 15 is 0 Å². The summed E-state index contributed by atoms with van der Waals surface area (Å²) in [6.45, 7) is 3.51. The van der Waals surface area contributed by atoms with E-state index in [9.17, 15) is 13.5 Å². The minimum absolute atomic E-state index is 0.0402. The lowest BCUT2D eigenvalue weighted by molar-refractivity contribution is 0.0923. The van der Waals surface area contributed by atoms with Crippen molar-refractivity contribution in [2.45, 2.75) is 37.1 Å². The molecule has 2 rings (SSSR count). The fourth-order valence-corrected chi connectivity index (χ4v) is 4.63. The molecule has 0 aromatic heterocycles. The molecule has 0 radical (unpaired) electrons. The fourth-order valence-electron chi connectivity index (χ4n) is 2.81. The predicted octanol–water partition coefficient (Wildman–Crippen LogP) is 2.43. The van der Waals surface area contributed by atoms with E-state index in [1.807, 2.05) is 0 Å². The summed E-state index contributed by atoms with van der Waals surface area (Å²) in [5.74, 6) is 0. The highest BCUT2D eigenvalue weighted by Gasteiger charge is 2.23. The second kappa shape index (κ2) is 8.14. The Hall–Kier alpha value is -0.370. The molecule has 1 aliphatic rings. The Morgan fingerprint density at radius 1 is 1.35 bits per heavy atom. The molecule has 1 saturated heterocycles. The molecular weight excluding hydrogens is 359 g/mol. The Morgan fingerprint density at radius 2 is 2.09 bits per heavy atom. The van der Waals surface area contributed by atoms with E-state index in [2.05, 4.69) is 9.62 Å². The molecule has 0 bridgehead atoms. The number of piperidine rings is 1. The Kier molecular flexibility index (Phi) is 6.71. The van der Waals surface area contributed by atoms with Crippen LogP contribution in [0.25, 0.3) is 0 Å². The predicted molar refractivity (Wildman–Crippen MR) is 92.7 cm³/mol. The number of aliphatic hydroxyl groups is 1. The lowest BCUT2D eigenvalue weighted by atomic mass is 10.0. The Morgan fingerprint density at radius 3 is 2.78 bits per heavy atom. The summed E-state index contributed by atoms with van der Waals surface area (Å²) < 4.78 is 27.4. The highest BCUT2D eigenvalue weighted by Crippen LogP contribution is 2.30. The zero-order valence-corrected chi connectivity index (χ0v) is 15.4. The molecule has 8 heteroatoms. The summed E-state index contributed by atoms with van der Waals surface area (Å²) >= 11 is 12.1. The number of aliphatic hydroxyl groups excluding tert-OH is 1. The molecule has 1 aromatic carbocycles. The maximum atomic E-state index is 12.4. The van der Waals surface area contributed by atoms with E-state index in [0.717, 1.165) is 25.8 Å². The fraction of sp³-hybridized carbons (Fsp3) is 0.600. The first-order valence-corrected chi connectivity index (χ1v) is 9.90. The van der Waals surface area contributed by atoms with Gasteiger partial charge in [-0.1, -0.05) is 29.6 Å². The summed E-state index contributed by atoms with van der Waals surface area (Å²) in [6, 6.07) is 3.07. The average Bonchev–Trinajstić information content (AvgIpc) is 2.52. The van der Waals surface area contributed by atoms with Crippen LogP contribution >= 0.6 is 23.2 Å². The van der Waals surface area contributed by atoms with Crippen LogP contribution in [0.3, 0.4) is 0 Å². The van der Waals surface area contributed by atoms with Crippen LogP contribution in [0.2, 0.25) is 10.0 Å². The van der Waals surface area contributed by atoms with Gasteiger partial charge < -0.3 is 5.11 Å². The molecule has 0 amide bonds. The van der Waals surface area contributed by atoms with Gasteiger partial charge in [0.2, 0.25) is 10.0 Å². The van der Waals surface area contributed by atoms with Crippen LogP contribution in [-0.2, 0) is 10.0 Å². The zero-order valence-electron chi connectivity index (χ0n) is 13.1. The second-order valence-corrected chi connectivity index (χ2v) is 8.27.